The van der Waals surface area contributed by atoms with E-state index in [1.807, 2.05) is 29.2 Å². The van der Waals surface area contributed by atoms with Crippen molar-refractivity contribution in [2.24, 2.45) is 5.92 Å². The number of rotatable bonds is 4. The Hall–Kier alpha value is -1.55. The Kier molecular flexibility index (Phi) is 5.69. The van der Waals surface area contributed by atoms with Crippen molar-refractivity contribution in [2.75, 3.05) is 19.7 Å². The standard InChI is InChI=1S/C19H29NO3/c1-14(21)15-6-5-11-20(12-15)18(22)13-23-17-9-7-16(8-10-17)19(2,3)4/h7-10,14-15,21H,5-6,11-13H2,1-4H3. The first-order chi connectivity index (χ1) is 10.8. The van der Waals surface area contributed by atoms with Gasteiger partial charge in [-0.15, -0.1) is 0 Å². The number of carbonyl (C=O) groups is 1. The molecule has 0 saturated carbocycles. The van der Waals surface area contributed by atoms with E-state index in [9.17, 15) is 9.90 Å². The molecule has 0 bridgehead atoms. The fourth-order valence-corrected chi connectivity index (χ4v) is 2.92. The number of hydrogen-bond donors (Lipinski definition) is 1. The summed E-state index contributed by atoms with van der Waals surface area (Å²) in [5.41, 5.74) is 1.35. The van der Waals surface area contributed by atoms with E-state index in [2.05, 4.69) is 20.8 Å². The number of benzene rings is 1. The van der Waals surface area contributed by atoms with E-state index in [1.165, 1.54) is 5.56 Å². The Bertz CT molecular complexity index is 516. The van der Waals surface area contributed by atoms with Gasteiger partial charge in [0.1, 0.15) is 5.75 Å². The lowest BCUT2D eigenvalue weighted by Gasteiger charge is -2.34. The minimum absolute atomic E-state index is 0.00440. The number of aliphatic hydroxyl groups excluding tert-OH is 1. The highest BCUT2D eigenvalue weighted by atomic mass is 16.5. The highest BCUT2D eigenvalue weighted by Crippen LogP contribution is 2.24. The highest BCUT2D eigenvalue weighted by Gasteiger charge is 2.26. The first-order valence-electron chi connectivity index (χ1n) is 8.46. The molecule has 1 N–H and O–H groups in total. The summed E-state index contributed by atoms with van der Waals surface area (Å²) in [5.74, 6) is 0.893. The van der Waals surface area contributed by atoms with Crippen molar-refractivity contribution in [2.45, 2.75) is 52.1 Å². The van der Waals surface area contributed by atoms with E-state index >= 15 is 0 Å². The minimum atomic E-state index is -0.364. The van der Waals surface area contributed by atoms with Gasteiger partial charge in [-0.3, -0.25) is 4.79 Å². The molecule has 1 fully saturated rings. The molecule has 1 amide bonds. The van der Waals surface area contributed by atoms with Crippen LogP contribution in [0, 0.1) is 5.92 Å². The molecule has 1 aliphatic heterocycles. The zero-order valence-electron chi connectivity index (χ0n) is 14.7. The largest absolute Gasteiger partial charge is 0.484 e. The molecule has 128 valence electrons. The predicted octanol–water partition coefficient (Wildman–Crippen LogP) is 2.98. The number of piperidine rings is 1. The van der Waals surface area contributed by atoms with Crippen molar-refractivity contribution in [1.29, 1.82) is 0 Å². The van der Waals surface area contributed by atoms with Gasteiger partial charge in [-0.25, -0.2) is 0 Å². The van der Waals surface area contributed by atoms with Gasteiger partial charge in [0.25, 0.3) is 5.91 Å². The molecule has 1 heterocycles. The van der Waals surface area contributed by atoms with Crippen LogP contribution < -0.4 is 4.74 Å². The summed E-state index contributed by atoms with van der Waals surface area (Å²) in [6.45, 7) is 9.74. The molecule has 1 aromatic rings. The molecule has 4 heteroatoms. The van der Waals surface area contributed by atoms with Crippen LogP contribution in [0.25, 0.3) is 0 Å². The van der Waals surface area contributed by atoms with Crippen molar-refractivity contribution in [3.05, 3.63) is 29.8 Å². The SMILES string of the molecule is CC(O)C1CCCN(C(=O)COc2ccc(C(C)(C)C)cc2)C1. The predicted molar refractivity (Wildman–Crippen MR) is 91.6 cm³/mol. The maximum absolute atomic E-state index is 12.3. The molecule has 1 aliphatic rings. The maximum Gasteiger partial charge on any atom is 0.260 e. The summed E-state index contributed by atoms with van der Waals surface area (Å²) in [5, 5.41) is 9.71. The molecule has 2 unspecified atom stereocenters. The molecule has 0 radical (unpaired) electrons. The second-order valence-corrected chi connectivity index (χ2v) is 7.55. The van der Waals surface area contributed by atoms with E-state index in [1.54, 1.807) is 6.92 Å². The lowest BCUT2D eigenvalue weighted by Crippen LogP contribution is -2.44. The average Bonchev–Trinajstić information content (AvgIpc) is 2.52. The van der Waals surface area contributed by atoms with Crippen LogP contribution in [-0.2, 0) is 10.2 Å². The zero-order valence-corrected chi connectivity index (χ0v) is 14.7. The number of aliphatic hydroxyl groups is 1. The van der Waals surface area contributed by atoms with Gasteiger partial charge >= 0.3 is 0 Å². The summed E-state index contributed by atoms with van der Waals surface area (Å²) < 4.78 is 5.63. The van der Waals surface area contributed by atoms with Gasteiger partial charge in [-0.1, -0.05) is 32.9 Å². The van der Waals surface area contributed by atoms with Gasteiger partial charge in [0.2, 0.25) is 0 Å². The van der Waals surface area contributed by atoms with Gasteiger partial charge < -0.3 is 14.7 Å². The summed E-state index contributed by atoms with van der Waals surface area (Å²) in [7, 11) is 0. The lowest BCUT2D eigenvalue weighted by molar-refractivity contribution is -0.136. The second-order valence-electron chi connectivity index (χ2n) is 7.55. The van der Waals surface area contributed by atoms with Crippen LogP contribution in [0.15, 0.2) is 24.3 Å². The molecule has 1 saturated heterocycles. The average molecular weight is 319 g/mol. The molecule has 0 spiro atoms. The Morgan fingerprint density at radius 3 is 2.57 bits per heavy atom. The van der Waals surface area contributed by atoms with E-state index in [4.69, 9.17) is 4.74 Å². The molecule has 4 nitrogen and oxygen atoms in total. The second kappa shape index (κ2) is 7.35. The Labute approximate surface area is 139 Å². The molecule has 0 aliphatic carbocycles. The third-order valence-electron chi connectivity index (χ3n) is 4.58. The molecule has 1 aromatic carbocycles. The van der Waals surface area contributed by atoms with E-state index < -0.39 is 0 Å². The number of amides is 1. The smallest absolute Gasteiger partial charge is 0.260 e. The third kappa shape index (κ3) is 4.96. The monoisotopic (exact) mass is 319 g/mol. The number of ether oxygens (including phenoxy) is 1. The first-order valence-corrected chi connectivity index (χ1v) is 8.46. The van der Waals surface area contributed by atoms with Crippen molar-refractivity contribution >= 4 is 5.91 Å². The minimum Gasteiger partial charge on any atom is -0.484 e. The number of hydrogen-bond acceptors (Lipinski definition) is 3. The summed E-state index contributed by atoms with van der Waals surface area (Å²) in [6.07, 6.45) is 1.56. The zero-order chi connectivity index (χ0) is 17.0. The number of likely N-dealkylation sites (tertiary alicyclic amines) is 1. The topological polar surface area (TPSA) is 49.8 Å². The highest BCUT2D eigenvalue weighted by molar-refractivity contribution is 5.77. The normalized spacial score (nSPS) is 20.2. The van der Waals surface area contributed by atoms with E-state index in [-0.39, 0.29) is 30.0 Å². The van der Waals surface area contributed by atoms with Crippen molar-refractivity contribution in [3.63, 3.8) is 0 Å². The molecule has 2 atom stereocenters. The van der Waals surface area contributed by atoms with Gasteiger partial charge in [0.05, 0.1) is 6.10 Å². The Balaban J connectivity index is 1.86. The van der Waals surface area contributed by atoms with Crippen LogP contribution in [-0.4, -0.2) is 41.7 Å². The summed E-state index contributed by atoms with van der Waals surface area (Å²) in [4.78, 5) is 14.1. The quantitative estimate of drug-likeness (QED) is 0.928. The van der Waals surface area contributed by atoms with Gasteiger partial charge in [-0.2, -0.15) is 0 Å². The van der Waals surface area contributed by atoms with Gasteiger partial charge in [0, 0.05) is 19.0 Å². The summed E-state index contributed by atoms with van der Waals surface area (Å²) in [6, 6.07) is 7.93. The molecule has 0 aromatic heterocycles. The fourth-order valence-electron chi connectivity index (χ4n) is 2.92. The lowest BCUT2D eigenvalue weighted by atomic mass is 9.87. The molecular formula is C19H29NO3. The summed E-state index contributed by atoms with van der Waals surface area (Å²) >= 11 is 0. The molecule has 2 rings (SSSR count). The Morgan fingerprint density at radius 1 is 1.35 bits per heavy atom. The third-order valence-corrected chi connectivity index (χ3v) is 4.58. The number of nitrogens with zero attached hydrogens (tertiary/aromatic N) is 1. The van der Waals surface area contributed by atoms with Crippen molar-refractivity contribution in [1.82, 2.24) is 4.90 Å². The van der Waals surface area contributed by atoms with Crippen molar-refractivity contribution in [3.8, 4) is 5.75 Å². The molecule has 23 heavy (non-hydrogen) atoms. The fraction of sp³-hybridized carbons (Fsp3) is 0.632. The van der Waals surface area contributed by atoms with Crippen molar-refractivity contribution < 1.29 is 14.6 Å². The van der Waals surface area contributed by atoms with Crippen LogP contribution in [0.5, 0.6) is 5.75 Å². The van der Waals surface area contributed by atoms with E-state index in [0.717, 1.165) is 25.1 Å². The first kappa shape index (κ1) is 17.8. The van der Waals surface area contributed by atoms with E-state index in [0.29, 0.717) is 6.54 Å². The maximum atomic E-state index is 12.3. The Morgan fingerprint density at radius 2 is 2.00 bits per heavy atom. The van der Waals surface area contributed by atoms with Crippen LogP contribution in [0.1, 0.15) is 46.1 Å². The van der Waals surface area contributed by atoms with Gasteiger partial charge in [0.15, 0.2) is 6.61 Å². The van der Waals surface area contributed by atoms with Crippen LogP contribution in [0.3, 0.4) is 0 Å². The van der Waals surface area contributed by atoms with Gasteiger partial charge in [-0.05, 0) is 42.9 Å². The van der Waals surface area contributed by atoms with Crippen LogP contribution in [0.4, 0.5) is 0 Å². The number of carbonyl (C=O) groups excluding carboxylic acids is 1. The van der Waals surface area contributed by atoms with Crippen LogP contribution >= 0.6 is 0 Å². The van der Waals surface area contributed by atoms with Crippen LogP contribution in [0.2, 0.25) is 0 Å². The molecular weight excluding hydrogens is 290 g/mol.